The van der Waals surface area contributed by atoms with E-state index < -0.39 is 0 Å². The van der Waals surface area contributed by atoms with Gasteiger partial charge in [0.05, 0.1) is 6.26 Å². The third-order valence-electron chi connectivity index (χ3n) is 4.15. The SMILES string of the molecule is CCC1CCC(NCCCOCc2ccco2)CC1. The Labute approximate surface area is 116 Å². The molecule has 2 rings (SSSR count). The number of ether oxygens (including phenoxy) is 1. The molecule has 0 saturated heterocycles. The van der Waals surface area contributed by atoms with Gasteiger partial charge in [0.15, 0.2) is 0 Å². The van der Waals surface area contributed by atoms with E-state index >= 15 is 0 Å². The van der Waals surface area contributed by atoms with Crippen molar-refractivity contribution in [1.29, 1.82) is 0 Å². The normalized spacial score (nSPS) is 23.6. The molecule has 3 heteroatoms. The topological polar surface area (TPSA) is 34.4 Å². The highest BCUT2D eigenvalue weighted by molar-refractivity contribution is 4.95. The van der Waals surface area contributed by atoms with Gasteiger partial charge in [-0.1, -0.05) is 13.3 Å². The first-order valence-corrected chi connectivity index (χ1v) is 7.72. The van der Waals surface area contributed by atoms with Crippen LogP contribution in [0.1, 0.15) is 51.2 Å². The molecule has 19 heavy (non-hydrogen) atoms. The lowest BCUT2D eigenvalue weighted by atomic mass is 9.84. The minimum atomic E-state index is 0.592. The average molecular weight is 265 g/mol. The minimum absolute atomic E-state index is 0.592. The molecule has 0 amide bonds. The summed E-state index contributed by atoms with van der Waals surface area (Å²) in [5.74, 6) is 1.89. The molecule has 0 unspecified atom stereocenters. The van der Waals surface area contributed by atoms with Gasteiger partial charge in [0.25, 0.3) is 0 Å². The number of hydrogen-bond acceptors (Lipinski definition) is 3. The highest BCUT2D eigenvalue weighted by atomic mass is 16.5. The second kappa shape index (κ2) is 8.39. The van der Waals surface area contributed by atoms with E-state index in [2.05, 4.69) is 12.2 Å². The smallest absolute Gasteiger partial charge is 0.129 e. The molecule has 0 aliphatic heterocycles. The molecule has 1 aliphatic rings. The number of rotatable bonds is 8. The molecule has 0 aromatic carbocycles. The van der Waals surface area contributed by atoms with Gasteiger partial charge in [-0.2, -0.15) is 0 Å². The fourth-order valence-electron chi connectivity index (χ4n) is 2.82. The molecule has 1 N–H and O–H groups in total. The molecule has 108 valence electrons. The summed E-state index contributed by atoms with van der Waals surface area (Å²) in [4.78, 5) is 0. The molecule has 0 bridgehead atoms. The Bertz CT molecular complexity index is 315. The standard InChI is InChI=1S/C16H27NO2/c1-2-14-6-8-15(9-7-14)17-10-4-11-18-13-16-5-3-12-19-16/h3,5,12,14-15,17H,2,4,6-11,13H2,1H3. The van der Waals surface area contributed by atoms with Gasteiger partial charge in [0, 0.05) is 12.6 Å². The average Bonchev–Trinajstić information content (AvgIpc) is 2.96. The first kappa shape index (κ1) is 14.6. The monoisotopic (exact) mass is 265 g/mol. The van der Waals surface area contributed by atoms with E-state index in [1.165, 1.54) is 32.1 Å². The van der Waals surface area contributed by atoms with E-state index in [1.807, 2.05) is 12.1 Å². The lowest BCUT2D eigenvalue weighted by molar-refractivity contribution is 0.103. The van der Waals surface area contributed by atoms with Crippen LogP contribution < -0.4 is 5.32 Å². The molecule has 1 aliphatic carbocycles. The summed E-state index contributed by atoms with van der Waals surface area (Å²) in [6, 6.07) is 4.59. The summed E-state index contributed by atoms with van der Waals surface area (Å²) in [6.45, 7) is 4.78. The van der Waals surface area contributed by atoms with Crippen molar-refractivity contribution >= 4 is 0 Å². The Morgan fingerprint density at radius 2 is 2.16 bits per heavy atom. The predicted molar refractivity (Wildman–Crippen MR) is 77.0 cm³/mol. The fraction of sp³-hybridized carbons (Fsp3) is 0.750. The minimum Gasteiger partial charge on any atom is -0.467 e. The van der Waals surface area contributed by atoms with E-state index in [0.717, 1.165) is 37.3 Å². The Balaban J connectivity index is 1.44. The zero-order valence-electron chi connectivity index (χ0n) is 12.1. The lowest BCUT2D eigenvalue weighted by Crippen LogP contribution is -2.34. The highest BCUT2D eigenvalue weighted by Gasteiger charge is 2.18. The van der Waals surface area contributed by atoms with Crippen LogP contribution in [0.2, 0.25) is 0 Å². The van der Waals surface area contributed by atoms with Crippen molar-refractivity contribution in [2.45, 2.75) is 58.1 Å². The van der Waals surface area contributed by atoms with Crippen molar-refractivity contribution in [3.05, 3.63) is 24.2 Å². The molecule has 1 heterocycles. The van der Waals surface area contributed by atoms with Crippen molar-refractivity contribution in [3.63, 3.8) is 0 Å². The maximum absolute atomic E-state index is 5.57. The van der Waals surface area contributed by atoms with Crippen LogP contribution in [0.3, 0.4) is 0 Å². The van der Waals surface area contributed by atoms with Crippen LogP contribution in [0.5, 0.6) is 0 Å². The molecule has 0 spiro atoms. The van der Waals surface area contributed by atoms with Crippen LogP contribution in [0, 0.1) is 5.92 Å². The van der Waals surface area contributed by atoms with Gasteiger partial charge in [-0.3, -0.25) is 0 Å². The molecule has 0 radical (unpaired) electrons. The van der Waals surface area contributed by atoms with Crippen LogP contribution in [0.25, 0.3) is 0 Å². The summed E-state index contributed by atoms with van der Waals surface area (Å²) in [7, 11) is 0. The van der Waals surface area contributed by atoms with E-state index in [4.69, 9.17) is 9.15 Å². The maximum atomic E-state index is 5.57. The zero-order chi connectivity index (χ0) is 13.3. The maximum Gasteiger partial charge on any atom is 0.129 e. The van der Waals surface area contributed by atoms with Gasteiger partial charge in [-0.15, -0.1) is 0 Å². The molecule has 1 saturated carbocycles. The van der Waals surface area contributed by atoms with Gasteiger partial charge in [-0.25, -0.2) is 0 Å². The number of hydrogen-bond donors (Lipinski definition) is 1. The van der Waals surface area contributed by atoms with Crippen molar-refractivity contribution in [3.8, 4) is 0 Å². The Kier molecular flexibility index (Phi) is 6.45. The summed E-state index contributed by atoms with van der Waals surface area (Å²) in [6.07, 6.45) is 9.64. The van der Waals surface area contributed by atoms with Crippen LogP contribution in [0.15, 0.2) is 22.8 Å². The van der Waals surface area contributed by atoms with E-state index in [1.54, 1.807) is 6.26 Å². The van der Waals surface area contributed by atoms with Gasteiger partial charge in [0.1, 0.15) is 12.4 Å². The summed E-state index contributed by atoms with van der Waals surface area (Å²) < 4.78 is 10.8. The van der Waals surface area contributed by atoms with E-state index in [0.29, 0.717) is 6.61 Å². The lowest BCUT2D eigenvalue weighted by Gasteiger charge is -2.28. The van der Waals surface area contributed by atoms with Crippen LogP contribution in [-0.2, 0) is 11.3 Å². The van der Waals surface area contributed by atoms with E-state index in [-0.39, 0.29) is 0 Å². The summed E-state index contributed by atoms with van der Waals surface area (Å²) in [5, 5.41) is 3.66. The third-order valence-corrected chi connectivity index (χ3v) is 4.15. The Morgan fingerprint density at radius 3 is 2.84 bits per heavy atom. The van der Waals surface area contributed by atoms with Crippen molar-refractivity contribution in [2.24, 2.45) is 5.92 Å². The van der Waals surface area contributed by atoms with Gasteiger partial charge in [0.2, 0.25) is 0 Å². The van der Waals surface area contributed by atoms with Crippen molar-refractivity contribution in [2.75, 3.05) is 13.2 Å². The largest absolute Gasteiger partial charge is 0.467 e. The predicted octanol–water partition coefficient (Wildman–Crippen LogP) is 3.74. The molecule has 0 atom stereocenters. The van der Waals surface area contributed by atoms with Crippen LogP contribution in [-0.4, -0.2) is 19.2 Å². The summed E-state index contributed by atoms with van der Waals surface area (Å²) in [5.41, 5.74) is 0. The highest BCUT2D eigenvalue weighted by Crippen LogP contribution is 2.26. The van der Waals surface area contributed by atoms with Gasteiger partial charge in [-0.05, 0) is 56.7 Å². The van der Waals surface area contributed by atoms with Crippen molar-refractivity contribution in [1.82, 2.24) is 5.32 Å². The molecule has 1 aromatic heterocycles. The first-order chi connectivity index (χ1) is 9.38. The van der Waals surface area contributed by atoms with Crippen molar-refractivity contribution < 1.29 is 9.15 Å². The summed E-state index contributed by atoms with van der Waals surface area (Å²) >= 11 is 0. The fourth-order valence-corrected chi connectivity index (χ4v) is 2.82. The Morgan fingerprint density at radius 1 is 1.32 bits per heavy atom. The molecular weight excluding hydrogens is 238 g/mol. The molecule has 1 aromatic rings. The zero-order valence-corrected chi connectivity index (χ0v) is 12.1. The van der Waals surface area contributed by atoms with Gasteiger partial charge >= 0.3 is 0 Å². The second-order valence-corrected chi connectivity index (χ2v) is 5.57. The number of furan rings is 1. The molecule has 1 fully saturated rings. The molecule has 3 nitrogen and oxygen atoms in total. The third kappa shape index (κ3) is 5.37. The number of nitrogens with one attached hydrogen (secondary N) is 1. The Hall–Kier alpha value is -0.800. The van der Waals surface area contributed by atoms with Crippen LogP contribution >= 0.6 is 0 Å². The van der Waals surface area contributed by atoms with E-state index in [9.17, 15) is 0 Å². The van der Waals surface area contributed by atoms with Crippen LogP contribution in [0.4, 0.5) is 0 Å². The second-order valence-electron chi connectivity index (χ2n) is 5.57. The van der Waals surface area contributed by atoms with Gasteiger partial charge < -0.3 is 14.5 Å². The molecular formula is C16H27NO2. The quantitative estimate of drug-likeness (QED) is 0.727. The first-order valence-electron chi connectivity index (χ1n) is 7.72.